The topological polar surface area (TPSA) is 306 Å². The number of hydrogen-bond acceptors (Lipinski definition) is 17. The molecule has 1 fully saturated rings. The van der Waals surface area contributed by atoms with E-state index in [1.54, 1.807) is 17.1 Å². The quantitative estimate of drug-likeness (QED) is 0.0381. The van der Waals surface area contributed by atoms with Crippen molar-refractivity contribution >= 4 is 64.9 Å². The predicted molar refractivity (Wildman–Crippen MR) is 219 cm³/mol. The summed E-state index contributed by atoms with van der Waals surface area (Å²) in [6.45, 7) is 16.3. The van der Waals surface area contributed by atoms with Crippen LogP contribution in [-0.4, -0.2) is 154 Å². The first-order valence-corrected chi connectivity index (χ1v) is 23.2. The molecular formula is C33H52N7O16P3S. The van der Waals surface area contributed by atoms with Gasteiger partial charge < -0.3 is 49.2 Å². The van der Waals surface area contributed by atoms with Gasteiger partial charge in [-0.05, 0) is 0 Å². The van der Waals surface area contributed by atoms with E-state index in [-0.39, 0.29) is 43.1 Å². The number of imidazole rings is 1. The fraction of sp³-hybridized carbons (Fsp3) is 0.545. The molecule has 0 radical (unpaired) electrons. The van der Waals surface area contributed by atoms with Gasteiger partial charge in [-0.25, -0.2) is 28.6 Å². The number of amides is 2. The highest BCUT2D eigenvalue weighted by Crippen LogP contribution is 2.61. The number of rotatable bonds is 27. The zero-order valence-electron chi connectivity index (χ0n) is 32.9. The number of phosphoric ester groups is 3. The number of carbonyl (C=O) groups excluding carboxylic acids is 2. The van der Waals surface area contributed by atoms with Crippen molar-refractivity contribution in [3.8, 4) is 0 Å². The van der Waals surface area contributed by atoms with E-state index in [1.165, 1.54) is 48.1 Å². The summed E-state index contributed by atoms with van der Waals surface area (Å²) in [7, 11) is -16.5. The largest absolute Gasteiger partial charge is 0.481 e. The lowest BCUT2D eigenvalue weighted by Gasteiger charge is -2.33. The Morgan fingerprint density at radius 2 is 1.55 bits per heavy atom. The van der Waals surface area contributed by atoms with Crippen LogP contribution >= 0.6 is 36.1 Å². The van der Waals surface area contributed by atoms with Crippen LogP contribution in [0.25, 0.3) is 11.2 Å². The summed E-state index contributed by atoms with van der Waals surface area (Å²) >= 11 is 4.14. The van der Waals surface area contributed by atoms with Crippen LogP contribution in [0.3, 0.4) is 0 Å². The van der Waals surface area contributed by atoms with Crippen molar-refractivity contribution in [3.63, 3.8) is 0 Å². The summed E-state index contributed by atoms with van der Waals surface area (Å²) in [5, 5.41) is 22.2. The number of aromatic nitrogens is 4. The molecule has 0 aliphatic carbocycles. The molecule has 3 rings (SSSR count). The Morgan fingerprint density at radius 1 is 0.950 bits per heavy atom. The first-order valence-electron chi connectivity index (χ1n) is 18.0. The lowest BCUT2D eigenvalue weighted by Crippen LogP contribution is -2.49. The summed E-state index contributed by atoms with van der Waals surface area (Å²) in [4.78, 5) is 83.1. The summed E-state index contributed by atoms with van der Waals surface area (Å²) in [5.74, 6) is -0.442. The molecule has 2 aromatic heterocycles. The standard InChI is InChI=1S/C33H52N7O16P3S/c1-7-12-37(17-18-60)24(41)11-16-39(15-10-4)31(44)28(43)33(5,6)20-53-59(50,51)56-58(48,49)52-19-23-27(55-57(45,46)47)26(42)32(54-23)40-22-36-25-29(34-21-35-30(25)40)38(13-8-2)14-9-3/h7-10,21-23,26-28,32,42-43,60H,1-4,11-20H2,5-6H3,(H,48,49)(H,50,51)(H2,45,46,47)/t23-,26-,27-,28+,32-/m1/s1. The Labute approximate surface area is 351 Å². The first kappa shape index (κ1) is 51.2. The molecule has 6 N–H and O–H groups in total. The molecule has 0 saturated carbocycles. The molecule has 23 nitrogen and oxygen atoms in total. The molecule has 3 heterocycles. The van der Waals surface area contributed by atoms with Crippen LogP contribution in [-0.2, 0) is 45.9 Å². The molecule has 2 unspecified atom stereocenters. The lowest BCUT2D eigenvalue weighted by molar-refractivity contribution is -0.148. The van der Waals surface area contributed by atoms with Gasteiger partial charge in [0.05, 0.1) is 19.5 Å². The Hall–Kier alpha value is -3.15. The van der Waals surface area contributed by atoms with Gasteiger partial charge in [0.25, 0.3) is 5.91 Å². The zero-order chi connectivity index (χ0) is 45.1. The maximum Gasteiger partial charge on any atom is 0.481 e. The Morgan fingerprint density at radius 3 is 2.13 bits per heavy atom. The number of aliphatic hydroxyl groups is 2. The zero-order valence-corrected chi connectivity index (χ0v) is 36.5. The second kappa shape index (κ2) is 22.3. The van der Waals surface area contributed by atoms with Crippen molar-refractivity contribution in [3.05, 3.63) is 63.3 Å². The minimum atomic E-state index is -5.61. The van der Waals surface area contributed by atoms with Gasteiger partial charge >= 0.3 is 23.5 Å². The second-order valence-corrected chi connectivity index (χ2v) is 18.5. The molecule has 0 aromatic carbocycles. The number of phosphoric acid groups is 3. The van der Waals surface area contributed by atoms with Gasteiger partial charge in [0, 0.05) is 56.9 Å². The van der Waals surface area contributed by atoms with E-state index in [0.29, 0.717) is 31.2 Å². The minimum absolute atomic E-state index is 0.0670. The Balaban J connectivity index is 1.71. The van der Waals surface area contributed by atoms with Crippen molar-refractivity contribution in [1.29, 1.82) is 0 Å². The summed E-state index contributed by atoms with van der Waals surface area (Å²) < 4.78 is 63.5. The molecule has 336 valence electrons. The normalized spacial score (nSPS) is 20.8. The number of ether oxygens (including phenoxy) is 1. The van der Waals surface area contributed by atoms with E-state index in [4.69, 9.17) is 18.3 Å². The number of carbonyl (C=O) groups is 2. The van der Waals surface area contributed by atoms with Gasteiger partial charge in [-0.3, -0.25) is 27.7 Å². The van der Waals surface area contributed by atoms with Crippen molar-refractivity contribution < 1.29 is 75.7 Å². The molecule has 1 aliphatic heterocycles. The van der Waals surface area contributed by atoms with E-state index < -0.39 is 78.6 Å². The van der Waals surface area contributed by atoms with E-state index in [2.05, 4.69) is 58.2 Å². The molecule has 1 aliphatic rings. The van der Waals surface area contributed by atoms with E-state index >= 15 is 0 Å². The monoisotopic (exact) mass is 927 g/mol. The number of aliphatic hydroxyl groups excluding tert-OH is 2. The van der Waals surface area contributed by atoms with E-state index in [1.807, 2.05) is 0 Å². The number of nitrogens with zero attached hydrogens (tertiary/aromatic N) is 7. The minimum Gasteiger partial charge on any atom is -0.386 e. The van der Waals surface area contributed by atoms with Crippen LogP contribution in [0, 0.1) is 5.41 Å². The van der Waals surface area contributed by atoms with Crippen LogP contribution in [0.2, 0.25) is 0 Å². The summed E-state index contributed by atoms with van der Waals surface area (Å²) in [6.07, 6.45) is -0.564. The molecular weight excluding hydrogens is 875 g/mol. The molecule has 27 heteroatoms. The number of fused-ring (bicyclic) bond motifs is 1. The van der Waals surface area contributed by atoms with Crippen LogP contribution in [0.15, 0.2) is 63.3 Å². The third-order valence-electron chi connectivity index (χ3n) is 8.69. The molecule has 1 saturated heterocycles. The molecule has 2 aromatic rings. The fourth-order valence-corrected chi connectivity index (χ4v) is 8.87. The van der Waals surface area contributed by atoms with Crippen molar-refractivity contribution in [2.75, 3.05) is 63.1 Å². The third kappa shape index (κ3) is 14.2. The molecule has 0 spiro atoms. The SMILES string of the molecule is C=CCN(CCS)C(=O)CCN(CC=C)C(=O)[C@H](O)C(C)(C)COP(=O)(O)OP(=O)(O)OC[C@H]1O[C@@H](n2cnc3c(N(CC=C)CC=C)ncnc32)[C@H](O)[C@@H]1OP(=O)(O)O. The van der Waals surface area contributed by atoms with Gasteiger partial charge in [0.2, 0.25) is 5.91 Å². The van der Waals surface area contributed by atoms with Crippen LogP contribution in [0.1, 0.15) is 26.5 Å². The maximum absolute atomic E-state index is 13.3. The highest BCUT2D eigenvalue weighted by molar-refractivity contribution is 7.80. The van der Waals surface area contributed by atoms with Gasteiger partial charge in [0.1, 0.15) is 30.7 Å². The van der Waals surface area contributed by atoms with Crippen molar-refractivity contribution in [2.45, 2.75) is 50.9 Å². The number of thiol groups is 1. The van der Waals surface area contributed by atoms with Crippen LogP contribution in [0.5, 0.6) is 0 Å². The van der Waals surface area contributed by atoms with Gasteiger partial charge in [-0.2, -0.15) is 16.9 Å². The molecule has 60 heavy (non-hydrogen) atoms. The lowest BCUT2D eigenvalue weighted by atomic mass is 9.86. The first-order chi connectivity index (χ1) is 28.0. The summed E-state index contributed by atoms with van der Waals surface area (Å²) in [6, 6.07) is 0. The van der Waals surface area contributed by atoms with Crippen molar-refractivity contribution in [1.82, 2.24) is 29.3 Å². The fourth-order valence-electron chi connectivity index (χ4n) is 5.80. The van der Waals surface area contributed by atoms with Gasteiger partial charge in [-0.15, -0.1) is 26.3 Å². The van der Waals surface area contributed by atoms with Crippen molar-refractivity contribution in [2.24, 2.45) is 5.41 Å². The third-order valence-corrected chi connectivity index (χ3v) is 12.0. The van der Waals surface area contributed by atoms with E-state index in [9.17, 15) is 53.1 Å². The predicted octanol–water partition coefficient (Wildman–Crippen LogP) is 1.73. The van der Waals surface area contributed by atoms with E-state index in [0.717, 1.165) is 4.90 Å². The van der Waals surface area contributed by atoms with Gasteiger partial charge in [0.15, 0.2) is 23.2 Å². The summed E-state index contributed by atoms with van der Waals surface area (Å²) in [5.41, 5.74) is -1.31. The smallest absolute Gasteiger partial charge is 0.386 e. The average Bonchev–Trinajstić information content (AvgIpc) is 3.73. The second-order valence-electron chi connectivity index (χ2n) is 13.8. The molecule has 7 atom stereocenters. The highest BCUT2D eigenvalue weighted by atomic mass is 32.1. The van der Waals surface area contributed by atoms with Gasteiger partial charge in [-0.1, -0.05) is 38.2 Å². The highest BCUT2D eigenvalue weighted by Gasteiger charge is 2.50. The Bertz CT molecular complexity index is 1980. The molecule has 2 amide bonds. The van der Waals surface area contributed by atoms with Crippen LogP contribution < -0.4 is 4.90 Å². The average molecular weight is 928 g/mol. The van der Waals surface area contributed by atoms with Crippen LogP contribution in [0.4, 0.5) is 5.82 Å². The Kier molecular flexibility index (Phi) is 19.0. The molecule has 0 bridgehead atoms. The maximum atomic E-state index is 13.3. The number of hydrogen-bond donors (Lipinski definition) is 7. The number of anilines is 1.